The topological polar surface area (TPSA) is 37.3 Å². The van der Waals surface area contributed by atoms with Crippen LogP contribution in [0.2, 0.25) is 0 Å². The Morgan fingerprint density at radius 2 is 2.39 bits per heavy atom. The van der Waals surface area contributed by atoms with Gasteiger partial charge >= 0.3 is 0 Å². The van der Waals surface area contributed by atoms with E-state index in [-0.39, 0.29) is 5.82 Å². The quantitative estimate of drug-likeness (QED) is 0.524. The molecular formula is C12H11BrFN3S. The standard InChI is InChI=1S/C12H11BrFN3S/c1-8-7-18-12(16-8)17-15-6-10-4-2-3-9(5-13)11(10)14/h2-4,6-7H,5H2,1H3,(H,16,17). The Balaban J connectivity index is 2.09. The van der Waals surface area contributed by atoms with Crippen LogP contribution in [0.25, 0.3) is 0 Å². The van der Waals surface area contributed by atoms with Gasteiger partial charge in [0.15, 0.2) is 0 Å². The number of hydrazone groups is 1. The van der Waals surface area contributed by atoms with Gasteiger partial charge in [0.1, 0.15) is 5.82 Å². The van der Waals surface area contributed by atoms with Crippen molar-refractivity contribution in [1.82, 2.24) is 4.98 Å². The van der Waals surface area contributed by atoms with Gasteiger partial charge in [-0.3, -0.25) is 5.43 Å². The van der Waals surface area contributed by atoms with E-state index in [1.165, 1.54) is 17.6 Å². The molecule has 0 atom stereocenters. The van der Waals surface area contributed by atoms with Gasteiger partial charge in [-0.1, -0.05) is 34.1 Å². The molecule has 1 heterocycles. The predicted molar refractivity (Wildman–Crippen MR) is 77.1 cm³/mol. The summed E-state index contributed by atoms with van der Waals surface area (Å²) in [4.78, 5) is 4.19. The molecule has 0 fully saturated rings. The number of hydrogen-bond donors (Lipinski definition) is 1. The van der Waals surface area contributed by atoms with Crippen LogP contribution in [-0.4, -0.2) is 11.2 Å². The van der Waals surface area contributed by atoms with E-state index in [1.54, 1.807) is 18.2 Å². The summed E-state index contributed by atoms with van der Waals surface area (Å²) in [5, 5.41) is 7.08. The van der Waals surface area contributed by atoms with Crippen LogP contribution < -0.4 is 5.43 Å². The number of benzene rings is 1. The Labute approximate surface area is 117 Å². The number of hydrogen-bond acceptors (Lipinski definition) is 4. The summed E-state index contributed by atoms with van der Waals surface area (Å²) >= 11 is 4.70. The van der Waals surface area contributed by atoms with Gasteiger partial charge in [-0.05, 0) is 12.5 Å². The Kier molecular flexibility index (Phi) is 4.43. The fourth-order valence-electron chi connectivity index (χ4n) is 1.36. The van der Waals surface area contributed by atoms with E-state index in [2.05, 4.69) is 31.4 Å². The first-order valence-corrected chi connectivity index (χ1v) is 7.25. The van der Waals surface area contributed by atoms with Crippen molar-refractivity contribution in [3.63, 3.8) is 0 Å². The number of rotatable bonds is 4. The van der Waals surface area contributed by atoms with Crippen LogP contribution in [0.1, 0.15) is 16.8 Å². The lowest BCUT2D eigenvalue weighted by atomic mass is 10.1. The molecule has 0 bridgehead atoms. The maximum atomic E-state index is 13.8. The molecular weight excluding hydrogens is 317 g/mol. The lowest BCUT2D eigenvalue weighted by molar-refractivity contribution is 0.616. The zero-order valence-corrected chi connectivity index (χ0v) is 12.1. The van der Waals surface area contributed by atoms with Gasteiger partial charge in [0.2, 0.25) is 5.13 Å². The van der Waals surface area contributed by atoms with Crippen LogP contribution in [0.15, 0.2) is 28.7 Å². The number of thiazole rings is 1. The molecule has 1 aromatic heterocycles. The fraction of sp³-hybridized carbons (Fsp3) is 0.167. The van der Waals surface area contributed by atoms with Gasteiger partial charge < -0.3 is 0 Å². The highest BCUT2D eigenvalue weighted by Crippen LogP contribution is 2.16. The average Bonchev–Trinajstić information content (AvgIpc) is 2.77. The molecule has 0 aliphatic carbocycles. The summed E-state index contributed by atoms with van der Waals surface area (Å²) in [5.74, 6) is -0.254. The normalized spacial score (nSPS) is 11.1. The third-order valence-electron chi connectivity index (χ3n) is 2.24. The molecule has 0 aliphatic heterocycles. The highest BCUT2D eigenvalue weighted by Gasteiger charge is 2.04. The smallest absolute Gasteiger partial charge is 0.203 e. The van der Waals surface area contributed by atoms with E-state index in [1.807, 2.05) is 12.3 Å². The molecule has 2 aromatic rings. The monoisotopic (exact) mass is 327 g/mol. The van der Waals surface area contributed by atoms with E-state index < -0.39 is 0 Å². The molecule has 0 unspecified atom stereocenters. The van der Waals surface area contributed by atoms with Crippen LogP contribution in [0.4, 0.5) is 9.52 Å². The van der Waals surface area contributed by atoms with Gasteiger partial charge in [0.05, 0.1) is 11.9 Å². The molecule has 3 nitrogen and oxygen atoms in total. The number of anilines is 1. The summed E-state index contributed by atoms with van der Waals surface area (Å²) in [7, 11) is 0. The van der Waals surface area contributed by atoms with Crippen molar-refractivity contribution in [2.45, 2.75) is 12.3 Å². The third kappa shape index (κ3) is 3.14. The molecule has 0 amide bonds. The van der Waals surface area contributed by atoms with Crippen molar-refractivity contribution >= 4 is 38.6 Å². The Hall–Kier alpha value is -1.27. The second-order valence-corrected chi connectivity index (χ2v) is 5.04. The molecule has 1 aromatic carbocycles. The van der Waals surface area contributed by atoms with Crippen LogP contribution in [-0.2, 0) is 5.33 Å². The predicted octanol–water partition coefficient (Wildman–Crippen LogP) is 3.93. The van der Waals surface area contributed by atoms with Crippen molar-refractivity contribution in [1.29, 1.82) is 0 Å². The molecule has 0 aliphatic rings. The Bertz CT molecular complexity index is 568. The zero-order valence-electron chi connectivity index (χ0n) is 9.65. The first-order valence-electron chi connectivity index (χ1n) is 5.25. The minimum Gasteiger partial charge on any atom is -0.253 e. The number of nitrogens with zero attached hydrogens (tertiary/aromatic N) is 2. The molecule has 0 saturated heterocycles. The fourth-order valence-corrected chi connectivity index (χ4v) is 2.43. The maximum absolute atomic E-state index is 13.8. The summed E-state index contributed by atoms with van der Waals surface area (Å²) in [6.45, 7) is 1.91. The average molecular weight is 328 g/mol. The van der Waals surface area contributed by atoms with E-state index in [0.29, 0.717) is 21.6 Å². The molecule has 94 valence electrons. The number of aryl methyl sites for hydroxylation is 1. The SMILES string of the molecule is Cc1csc(NN=Cc2cccc(CBr)c2F)n1. The third-order valence-corrected chi connectivity index (χ3v) is 3.70. The lowest BCUT2D eigenvalue weighted by Gasteiger charge is -2.01. The van der Waals surface area contributed by atoms with E-state index in [4.69, 9.17) is 0 Å². The molecule has 18 heavy (non-hydrogen) atoms. The zero-order chi connectivity index (χ0) is 13.0. The second-order valence-electron chi connectivity index (χ2n) is 3.62. The first-order chi connectivity index (χ1) is 8.70. The van der Waals surface area contributed by atoms with E-state index in [0.717, 1.165) is 5.69 Å². The first kappa shape index (κ1) is 13.2. The summed E-state index contributed by atoms with van der Waals surface area (Å²) in [5.41, 5.74) is 4.78. The van der Waals surface area contributed by atoms with Gasteiger partial charge in [0.25, 0.3) is 0 Å². The summed E-state index contributed by atoms with van der Waals surface area (Å²) in [6.07, 6.45) is 1.46. The second kappa shape index (κ2) is 6.06. The van der Waals surface area contributed by atoms with Crippen LogP contribution in [0.3, 0.4) is 0 Å². The van der Waals surface area contributed by atoms with Gasteiger partial charge in [-0.2, -0.15) is 5.10 Å². The molecule has 1 N–H and O–H groups in total. The number of halogens is 2. The van der Waals surface area contributed by atoms with Crippen LogP contribution in [0.5, 0.6) is 0 Å². The minimum absolute atomic E-state index is 0.254. The highest BCUT2D eigenvalue weighted by atomic mass is 79.9. The van der Waals surface area contributed by atoms with E-state index >= 15 is 0 Å². The molecule has 2 rings (SSSR count). The molecule has 6 heteroatoms. The molecule has 0 spiro atoms. The molecule has 0 radical (unpaired) electrons. The minimum atomic E-state index is -0.254. The van der Waals surface area contributed by atoms with E-state index in [9.17, 15) is 4.39 Å². The maximum Gasteiger partial charge on any atom is 0.203 e. The van der Waals surface area contributed by atoms with Crippen molar-refractivity contribution in [3.8, 4) is 0 Å². The van der Waals surface area contributed by atoms with Crippen molar-refractivity contribution in [3.05, 3.63) is 46.2 Å². The largest absolute Gasteiger partial charge is 0.253 e. The number of aromatic nitrogens is 1. The van der Waals surface area contributed by atoms with Gasteiger partial charge in [-0.15, -0.1) is 11.3 Å². The van der Waals surface area contributed by atoms with Crippen LogP contribution in [0, 0.1) is 12.7 Å². The van der Waals surface area contributed by atoms with Gasteiger partial charge in [0, 0.05) is 16.3 Å². The number of nitrogens with one attached hydrogen (secondary N) is 1. The van der Waals surface area contributed by atoms with Crippen molar-refractivity contribution < 1.29 is 4.39 Å². The summed E-state index contributed by atoms with van der Waals surface area (Å²) < 4.78 is 13.8. The van der Waals surface area contributed by atoms with Crippen molar-refractivity contribution in [2.75, 3.05) is 5.43 Å². The highest BCUT2D eigenvalue weighted by molar-refractivity contribution is 9.08. The molecule has 0 saturated carbocycles. The summed E-state index contributed by atoms with van der Waals surface area (Å²) in [6, 6.07) is 5.22. The Morgan fingerprint density at radius 3 is 3.06 bits per heavy atom. The Morgan fingerprint density at radius 1 is 1.56 bits per heavy atom. The van der Waals surface area contributed by atoms with Crippen LogP contribution >= 0.6 is 27.3 Å². The number of alkyl halides is 1. The van der Waals surface area contributed by atoms with Crippen molar-refractivity contribution in [2.24, 2.45) is 5.10 Å². The van der Waals surface area contributed by atoms with Gasteiger partial charge in [-0.25, -0.2) is 9.37 Å². The lowest BCUT2D eigenvalue weighted by Crippen LogP contribution is -1.96.